The molecule has 0 aliphatic carbocycles. The summed E-state index contributed by atoms with van der Waals surface area (Å²) < 4.78 is 45.3. The van der Waals surface area contributed by atoms with E-state index < -0.39 is 15.9 Å². The van der Waals surface area contributed by atoms with Crippen LogP contribution in [0.3, 0.4) is 0 Å². The first kappa shape index (κ1) is 26.0. The lowest BCUT2D eigenvalue weighted by molar-refractivity contribution is 0.0978. The summed E-state index contributed by atoms with van der Waals surface area (Å²) in [6.07, 6.45) is 0. The number of aromatic nitrogens is 2. The number of aryl methyl sites for hydroxylation is 3. The Kier molecular flexibility index (Phi) is 6.83. The summed E-state index contributed by atoms with van der Waals surface area (Å²) in [6.45, 7) is 6.64. The molecule has 10 nitrogen and oxygen atoms in total. The van der Waals surface area contributed by atoms with Gasteiger partial charge in [-0.15, -0.1) is 0 Å². The van der Waals surface area contributed by atoms with Crippen LogP contribution in [0.25, 0.3) is 11.3 Å². The van der Waals surface area contributed by atoms with Crippen molar-refractivity contribution in [3.05, 3.63) is 82.9 Å². The maximum absolute atomic E-state index is 13.3. The molecule has 0 unspecified atom stereocenters. The number of carbonyl (C=O) groups is 1. The fourth-order valence-electron chi connectivity index (χ4n) is 4.29. The number of hydrogen-bond acceptors (Lipinski definition) is 9. The van der Waals surface area contributed by atoms with E-state index in [0.717, 1.165) is 16.7 Å². The molecule has 2 aromatic carbocycles. The fraction of sp³-hybridized carbons (Fsp3) is 0.179. The Morgan fingerprint density at radius 3 is 2.36 bits per heavy atom. The minimum atomic E-state index is -4.32. The molecule has 0 saturated carbocycles. The van der Waals surface area contributed by atoms with Gasteiger partial charge in [-0.1, -0.05) is 23.8 Å². The van der Waals surface area contributed by atoms with Crippen LogP contribution in [-0.2, 0) is 10.0 Å². The molecule has 1 aliphatic heterocycles. The molecule has 0 saturated heterocycles. The van der Waals surface area contributed by atoms with Gasteiger partial charge in [0.2, 0.25) is 5.88 Å². The average Bonchev–Trinajstić information content (AvgIpc) is 2.90. The molecular weight excluding hydrogens is 520 g/mol. The molecule has 200 valence electrons. The summed E-state index contributed by atoms with van der Waals surface area (Å²) in [7, 11) is -4.32. The Hall–Kier alpha value is -4.64. The van der Waals surface area contributed by atoms with Crippen molar-refractivity contribution in [1.82, 2.24) is 14.7 Å². The van der Waals surface area contributed by atoms with E-state index in [2.05, 4.69) is 9.97 Å². The average molecular weight is 547 g/mol. The molecular formula is C28H26N4O6S. The van der Waals surface area contributed by atoms with E-state index in [4.69, 9.17) is 19.9 Å². The minimum Gasteiger partial charge on any atom is -0.486 e. The van der Waals surface area contributed by atoms with Crippen molar-refractivity contribution >= 4 is 21.7 Å². The van der Waals surface area contributed by atoms with Crippen LogP contribution in [-0.4, -0.2) is 37.5 Å². The van der Waals surface area contributed by atoms with Crippen molar-refractivity contribution < 1.29 is 27.4 Å². The topological polar surface area (TPSA) is 143 Å². The minimum absolute atomic E-state index is 0.00474. The van der Waals surface area contributed by atoms with Crippen molar-refractivity contribution in [2.24, 2.45) is 0 Å². The molecule has 4 aromatic rings. The van der Waals surface area contributed by atoms with Crippen LogP contribution in [0.1, 0.15) is 27.0 Å². The number of nitrogens with two attached hydrogens (primary N) is 1. The second-order valence-corrected chi connectivity index (χ2v) is 10.7. The first-order valence-electron chi connectivity index (χ1n) is 12.1. The van der Waals surface area contributed by atoms with Gasteiger partial charge in [0.15, 0.2) is 16.5 Å². The molecule has 11 heteroatoms. The number of nitrogens with zero attached hydrogens (tertiary/aromatic N) is 2. The van der Waals surface area contributed by atoms with Crippen LogP contribution in [0, 0.1) is 20.8 Å². The van der Waals surface area contributed by atoms with Gasteiger partial charge in [-0.05, 0) is 74.4 Å². The molecule has 0 spiro atoms. The van der Waals surface area contributed by atoms with E-state index in [0.29, 0.717) is 41.7 Å². The number of anilines is 1. The smallest absolute Gasteiger partial charge is 0.281 e. The van der Waals surface area contributed by atoms with Gasteiger partial charge < -0.3 is 19.9 Å². The second kappa shape index (κ2) is 10.3. The molecule has 1 amide bonds. The number of amides is 1. The zero-order chi connectivity index (χ0) is 27.7. The van der Waals surface area contributed by atoms with Crippen molar-refractivity contribution in [2.45, 2.75) is 25.8 Å². The molecule has 0 radical (unpaired) electrons. The molecule has 0 atom stereocenters. The first-order valence-corrected chi connectivity index (χ1v) is 13.6. The largest absolute Gasteiger partial charge is 0.486 e. The number of carbonyl (C=O) groups excluding carboxylic acids is 1. The maximum atomic E-state index is 13.3. The van der Waals surface area contributed by atoms with Crippen molar-refractivity contribution in [2.75, 3.05) is 18.9 Å². The van der Waals surface area contributed by atoms with Crippen molar-refractivity contribution in [3.63, 3.8) is 0 Å². The molecule has 5 rings (SSSR count). The number of pyridine rings is 2. The standard InChI is InChI=1S/C28H26N4O6S/c1-16-13-17(2)26(18(3)14-16)38-28-20(27(33)32-39(34,35)25-6-4-5-24(29)31-25)8-9-21(30-28)19-7-10-22-23(15-19)37-12-11-36-22/h4-10,13-15H,11-12H2,1-3H3,(H2,29,31)(H,32,33). The Bertz CT molecular complexity index is 1680. The van der Waals surface area contributed by atoms with Crippen LogP contribution in [0.2, 0.25) is 0 Å². The van der Waals surface area contributed by atoms with Crippen molar-refractivity contribution in [3.8, 4) is 34.4 Å². The number of nitrogen functional groups attached to an aromatic ring is 1. The highest BCUT2D eigenvalue weighted by Gasteiger charge is 2.25. The number of hydrogen-bond donors (Lipinski definition) is 2. The van der Waals surface area contributed by atoms with E-state index in [-0.39, 0.29) is 22.3 Å². The van der Waals surface area contributed by atoms with E-state index in [1.807, 2.05) is 43.7 Å². The van der Waals surface area contributed by atoms with Gasteiger partial charge in [-0.25, -0.2) is 14.7 Å². The number of sulfonamides is 1. The lowest BCUT2D eigenvalue weighted by Crippen LogP contribution is -2.31. The first-order chi connectivity index (χ1) is 18.6. The Balaban J connectivity index is 1.56. The maximum Gasteiger partial charge on any atom is 0.281 e. The number of nitrogens with one attached hydrogen (secondary N) is 1. The van der Waals surface area contributed by atoms with Gasteiger partial charge in [0, 0.05) is 5.56 Å². The summed E-state index contributed by atoms with van der Waals surface area (Å²) in [6, 6.07) is 16.5. The molecule has 0 fully saturated rings. The predicted octanol–water partition coefficient (Wildman–Crippen LogP) is 4.33. The van der Waals surface area contributed by atoms with Gasteiger partial charge in [-0.3, -0.25) is 4.79 Å². The summed E-state index contributed by atoms with van der Waals surface area (Å²) in [5.41, 5.74) is 9.45. The third-order valence-corrected chi connectivity index (χ3v) is 7.23. The molecule has 3 heterocycles. The molecule has 1 aliphatic rings. The Morgan fingerprint density at radius 1 is 0.923 bits per heavy atom. The highest BCUT2D eigenvalue weighted by molar-refractivity contribution is 7.90. The fourth-order valence-corrected chi connectivity index (χ4v) is 5.23. The van der Waals surface area contributed by atoms with Gasteiger partial charge in [0.1, 0.15) is 30.3 Å². The van der Waals surface area contributed by atoms with E-state index >= 15 is 0 Å². The summed E-state index contributed by atoms with van der Waals surface area (Å²) in [5, 5.41) is -0.385. The van der Waals surface area contributed by atoms with Gasteiger partial charge >= 0.3 is 0 Å². The van der Waals surface area contributed by atoms with Crippen LogP contribution >= 0.6 is 0 Å². The monoisotopic (exact) mass is 546 g/mol. The predicted molar refractivity (Wildman–Crippen MR) is 145 cm³/mol. The summed E-state index contributed by atoms with van der Waals surface area (Å²) >= 11 is 0. The molecule has 39 heavy (non-hydrogen) atoms. The summed E-state index contributed by atoms with van der Waals surface area (Å²) in [4.78, 5) is 21.7. The normalized spacial score (nSPS) is 12.6. The van der Waals surface area contributed by atoms with E-state index in [1.54, 1.807) is 18.2 Å². The third-order valence-electron chi connectivity index (χ3n) is 5.99. The molecule has 3 N–H and O–H groups in total. The lowest BCUT2D eigenvalue weighted by Gasteiger charge is -2.19. The number of ether oxygens (including phenoxy) is 3. The SMILES string of the molecule is Cc1cc(C)c(Oc2nc(-c3ccc4c(c3)OCCO4)ccc2C(=O)NS(=O)(=O)c2cccc(N)n2)c(C)c1. The molecule has 0 bridgehead atoms. The highest BCUT2D eigenvalue weighted by atomic mass is 32.2. The molecule has 2 aromatic heterocycles. The highest BCUT2D eigenvalue weighted by Crippen LogP contribution is 2.36. The van der Waals surface area contributed by atoms with E-state index in [9.17, 15) is 13.2 Å². The van der Waals surface area contributed by atoms with Gasteiger partial charge in [0.25, 0.3) is 15.9 Å². The zero-order valence-electron chi connectivity index (χ0n) is 21.5. The van der Waals surface area contributed by atoms with Crippen molar-refractivity contribution in [1.29, 1.82) is 0 Å². The van der Waals surface area contributed by atoms with Crippen LogP contribution in [0.5, 0.6) is 23.1 Å². The second-order valence-electron chi connectivity index (χ2n) is 9.07. The van der Waals surface area contributed by atoms with Gasteiger partial charge in [-0.2, -0.15) is 8.42 Å². The number of benzene rings is 2. The van der Waals surface area contributed by atoms with Crippen LogP contribution < -0.4 is 24.7 Å². The summed E-state index contributed by atoms with van der Waals surface area (Å²) in [5.74, 6) is 0.732. The van der Waals surface area contributed by atoms with Crippen LogP contribution in [0.4, 0.5) is 5.82 Å². The third kappa shape index (κ3) is 5.48. The Morgan fingerprint density at radius 2 is 1.64 bits per heavy atom. The van der Waals surface area contributed by atoms with Crippen LogP contribution in [0.15, 0.2) is 65.7 Å². The van der Waals surface area contributed by atoms with E-state index in [1.165, 1.54) is 24.3 Å². The quantitative estimate of drug-likeness (QED) is 0.361. The Labute approximate surface area is 225 Å². The van der Waals surface area contributed by atoms with Gasteiger partial charge in [0.05, 0.1) is 5.69 Å². The number of fused-ring (bicyclic) bond motifs is 1. The lowest BCUT2D eigenvalue weighted by atomic mass is 10.1. The zero-order valence-corrected chi connectivity index (χ0v) is 22.3. The number of rotatable bonds is 6.